The van der Waals surface area contributed by atoms with Gasteiger partial charge in [0.15, 0.2) is 0 Å². The van der Waals surface area contributed by atoms with Gasteiger partial charge in [0.2, 0.25) is 0 Å². The van der Waals surface area contributed by atoms with Crippen LogP contribution in [0.3, 0.4) is 0 Å². The molecule has 2 nitrogen and oxygen atoms in total. The quantitative estimate of drug-likeness (QED) is 0.730. The molecule has 0 aromatic carbocycles. The summed E-state index contributed by atoms with van der Waals surface area (Å²) >= 11 is 0. The second-order valence-corrected chi connectivity index (χ2v) is 3.21. The first-order valence-electron chi connectivity index (χ1n) is 3.88. The van der Waals surface area contributed by atoms with Crippen molar-refractivity contribution in [3.05, 3.63) is 29.6 Å². The first-order valence-corrected chi connectivity index (χ1v) is 3.88. The molecule has 0 aliphatic carbocycles. The van der Waals surface area contributed by atoms with Crippen LogP contribution in [0.5, 0.6) is 0 Å². The molecule has 0 saturated carbocycles. The Labute approximate surface area is 71.6 Å². The second kappa shape index (κ2) is 3.19. The number of halogens is 1. The van der Waals surface area contributed by atoms with Crippen molar-refractivity contribution in [3.63, 3.8) is 0 Å². The third-order valence-corrected chi connectivity index (χ3v) is 1.71. The summed E-state index contributed by atoms with van der Waals surface area (Å²) in [6, 6.07) is 3.36. The third-order valence-electron chi connectivity index (χ3n) is 1.71. The molecule has 0 radical (unpaired) electrons. The first-order chi connectivity index (χ1) is 5.54. The van der Waals surface area contributed by atoms with E-state index in [2.05, 4.69) is 4.98 Å². The fraction of sp³-hybridized carbons (Fsp3) is 0.444. The SMILES string of the molecule is CC(C)(F)c1ccnc(CN)c1. The van der Waals surface area contributed by atoms with E-state index in [0.717, 1.165) is 5.69 Å². The van der Waals surface area contributed by atoms with E-state index in [1.54, 1.807) is 18.3 Å². The van der Waals surface area contributed by atoms with Gasteiger partial charge in [0.25, 0.3) is 0 Å². The number of pyridine rings is 1. The van der Waals surface area contributed by atoms with Gasteiger partial charge < -0.3 is 5.73 Å². The van der Waals surface area contributed by atoms with Crippen LogP contribution in [0.15, 0.2) is 18.3 Å². The highest BCUT2D eigenvalue weighted by Gasteiger charge is 2.18. The van der Waals surface area contributed by atoms with Crippen LogP contribution in [0.4, 0.5) is 4.39 Å². The Balaban J connectivity index is 3.02. The van der Waals surface area contributed by atoms with Crippen LogP contribution >= 0.6 is 0 Å². The average molecular weight is 168 g/mol. The summed E-state index contributed by atoms with van der Waals surface area (Å²) in [4.78, 5) is 3.98. The molecule has 0 atom stereocenters. The van der Waals surface area contributed by atoms with Gasteiger partial charge in [-0.3, -0.25) is 4.98 Å². The number of hydrogen-bond donors (Lipinski definition) is 1. The molecule has 0 aliphatic rings. The minimum atomic E-state index is -1.31. The summed E-state index contributed by atoms with van der Waals surface area (Å²) in [7, 11) is 0. The van der Waals surface area contributed by atoms with Crippen molar-refractivity contribution in [1.29, 1.82) is 0 Å². The fourth-order valence-corrected chi connectivity index (χ4v) is 0.960. The summed E-state index contributed by atoms with van der Waals surface area (Å²) in [5, 5.41) is 0. The maximum atomic E-state index is 13.4. The Morgan fingerprint density at radius 3 is 2.75 bits per heavy atom. The minimum absolute atomic E-state index is 0.351. The zero-order valence-electron chi connectivity index (χ0n) is 7.34. The van der Waals surface area contributed by atoms with E-state index in [-0.39, 0.29) is 0 Å². The number of aromatic nitrogens is 1. The number of alkyl halides is 1. The molecule has 2 N–H and O–H groups in total. The lowest BCUT2D eigenvalue weighted by Crippen LogP contribution is -2.10. The van der Waals surface area contributed by atoms with Crippen molar-refractivity contribution in [2.75, 3.05) is 0 Å². The molecule has 0 bridgehead atoms. The maximum absolute atomic E-state index is 13.4. The lowest BCUT2D eigenvalue weighted by atomic mass is 10.0. The van der Waals surface area contributed by atoms with E-state index in [4.69, 9.17) is 5.73 Å². The van der Waals surface area contributed by atoms with E-state index in [9.17, 15) is 4.39 Å². The molecule has 1 rings (SSSR count). The summed E-state index contributed by atoms with van der Waals surface area (Å²) in [6.45, 7) is 3.38. The van der Waals surface area contributed by atoms with Crippen molar-refractivity contribution in [2.24, 2.45) is 5.73 Å². The molecular formula is C9H13FN2. The highest BCUT2D eigenvalue weighted by Crippen LogP contribution is 2.23. The zero-order chi connectivity index (χ0) is 9.19. The van der Waals surface area contributed by atoms with Gasteiger partial charge in [0.1, 0.15) is 5.67 Å². The number of nitrogens with two attached hydrogens (primary N) is 1. The molecular weight excluding hydrogens is 155 g/mol. The largest absolute Gasteiger partial charge is 0.325 e. The third kappa shape index (κ3) is 2.01. The highest BCUT2D eigenvalue weighted by molar-refractivity contribution is 5.21. The van der Waals surface area contributed by atoms with Crippen LogP contribution < -0.4 is 5.73 Å². The van der Waals surface area contributed by atoms with Crippen LogP contribution in [-0.2, 0) is 12.2 Å². The van der Waals surface area contributed by atoms with E-state index in [1.807, 2.05) is 0 Å². The van der Waals surface area contributed by atoms with Gasteiger partial charge in [-0.05, 0) is 31.5 Å². The van der Waals surface area contributed by atoms with Crippen molar-refractivity contribution >= 4 is 0 Å². The molecule has 0 aliphatic heterocycles. The predicted octanol–water partition coefficient (Wildman–Crippen LogP) is 1.74. The van der Waals surface area contributed by atoms with Crippen molar-refractivity contribution in [1.82, 2.24) is 4.98 Å². The Morgan fingerprint density at radius 2 is 2.25 bits per heavy atom. The molecule has 1 heterocycles. The molecule has 1 aromatic heterocycles. The van der Waals surface area contributed by atoms with Crippen LogP contribution in [0.2, 0.25) is 0 Å². The van der Waals surface area contributed by atoms with E-state index in [0.29, 0.717) is 12.1 Å². The Kier molecular flexibility index (Phi) is 2.43. The topological polar surface area (TPSA) is 38.9 Å². The van der Waals surface area contributed by atoms with E-state index in [1.165, 1.54) is 13.8 Å². The van der Waals surface area contributed by atoms with Gasteiger partial charge in [0, 0.05) is 12.7 Å². The number of rotatable bonds is 2. The number of nitrogens with zero attached hydrogens (tertiary/aromatic N) is 1. The Bertz CT molecular complexity index is 265. The Morgan fingerprint density at radius 1 is 1.58 bits per heavy atom. The summed E-state index contributed by atoms with van der Waals surface area (Å²) in [6.07, 6.45) is 1.58. The van der Waals surface area contributed by atoms with Crippen molar-refractivity contribution < 1.29 is 4.39 Å². The summed E-state index contributed by atoms with van der Waals surface area (Å²) < 4.78 is 13.4. The molecule has 12 heavy (non-hydrogen) atoms. The molecule has 66 valence electrons. The lowest BCUT2D eigenvalue weighted by molar-refractivity contribution is 0.221. The molecule has 1 aromatic rings. The minimum Gasteiger partial charge on any atom is -0.325 e. The van der Waals surface area contributed by atoms with Crippen molar-refractivity contribution in [2.45, 2.75) is 26.1 Å². The summed E-state index contributed by atoms with van der Waals surface area (Å²) in [5.74, 6) is 0. The van der Waals surface area contributed by atoms with Gasteiger partial charge in [0.05, 0.1) is 5.69 Å². The van der Waals surface area contributed by atoms with Crippen LogP contribution in [0, 0.1) is 0 Å². The zero-order valence-corrected chi connectivity index (χ0v) is 7.34. The van der Waals surface area contributed by atoms with Crippen molar-refractivity contribution in [3.8, 4) is 0 Å². The predicted molar refractivity (Wildman–Crippen MR) is 46.3 cm³/mol. The van der Waals surface area contributed by atoms with Crippen LogP contribution in [-0.4, -0.2) is 4.98 Å². The standard InChI is InChI=1S/C9H13FN2/c1-9(2,10)7-3-4-12-8(5-7)6-11/h3-5H,6,11H2,1-2H3. The Hall–Kier alpha value is -0.960. The van der Waals surface area contributed by atoms with Crippen LogP contribution in [0.1, 0.15) is 25.1 Å². The molecule has 0 spiro atoms. The second-order valence-electron chi connectivity index (χ2n) is 3.21. The fourth-order valence-electron chi connectivity index (χ4n) is 0.960. The maximum Gasteiger partial charge on any atom is 0.130 e. The van der Waals surface area contributed by atoms with Gasteiger partial charge in [-0.15, -0.1) is 0 Å². The van der Waals surface area contributed by atoms with Gasteiger partial charge in [-0.2, -0.15) is 0 Å². The normalized spacial score (nSPS) is 11.7. The monoisotopic (exact) mass is 168 g/mol. The lowest BCUT2D eigenvalue weighted by Gasteiger charge is -2.14. The summed E-state index contributed by atoms with van der Waals surface area (Å²) in [5.41, 5.74) is 5.41. The molecule has 0 amide bonds. The molecule has 0 unspecified atom stereocenters. The smallest absolute Gasteiger partial charge is 0.130 e. The first kappa shape index (κ1) is 9.13. The van der Waals surface area contributed by atoms with Crippen LogP contribution in [0.25, 0.3) is 0 Å². The van der Waals surface area contributed by atoms with E-state index >= 15 is 0 Å². The molecule has 3 heteroatoms. The molecule has 0 saturated heterocycles. The van der Waals surface area contributed by atoms with Gasteiger partial charge in [-0.1, -0.05) is 0 Å². The average Bonchev–Trinajstić information content (AvgIpc) is 2.03. The number of hydrogen-bond acceptors (Lipinski definition) is 2. The van der Waals surface area contributed by atoms with E-state index < -0.39 is 5.67 Å². The molecule has 0 fully saturated rings. The highest BCUT2D eigenvalue weighted by atomic mass is 19.1. The van der Waals surface area contributed by atoms with Gasteiger partial charge in [-0.25, -0.2) is 4.39 Å². The van der Waals surface area contributed by atoms with Gasteiger partial charge >= 0.3 is 0 Å².